The lowest BCUT2D eigenvalue weighted by Gasteiger charge is -2.14. The molecule has 3 N–H and O–H groups in total. The Labute approximate surface area is 202 Å². The van der Waals surface area contributed by atoms with Crippen LogP contribution >= 0.6 is 0 Å². The number of carbonyl (C=O) groups is 2. The highest BCUT2D eigenvalue weighted by Gasteiger charge is 2.17. The Bertz CT molecular complexity index is 1260. The summed E-state index contributed by atoms with van der Waals surface area (Å²) in [6.07, 6.45) is 0. The van der Waals surface area contributed by atoms with Crippen LogP contribution in [0.25, 0.3) is 0 Å². The van der Waals surface area contributed by atoms with E-state index < -0.39 is 5.97 Å². The third kappa shape index (κ3) is 6.26. The number of nitrogens with two attached hydrogens (primary N) is 1. The van der Waals surface area contributed by atoms with Gasteiger partial charge in [0.15, 0.2) is 11.5 Å². The third-order valence-electron chi connectivity index (χ3n) is 4.69. The van der Waals surface area contributed by atoms with Crippen molar-refractivity contribution >= 4 is 17.7 Å². The van der Waals surface area contributed by atoms with E-state index in [2.05, 4.69) is 4.98 Å². The molecule has 0 saturated heterocycles. The second kappa shape index (κ2) is 11.0. The minimum atomic E-state index is -0.592. The molecule has 0 spiro atoms. The summed E-state index contributed by atoms with van der Waals surface area (Å²) in [5.41, 5.74) is 6.58. The van der Waals surface area contributed by atoms with Gasteiger partial charge in [0.2, 0.25) is 11.8 Å². The number of nitrogens with zero attached hydrogens (tertiary/aromatic N) is 2. The lowest BCUT2D eigenvalue weighted by molar-refractivity contribution is 0.0525. The van der Waals surface area contributed by atoms with Crippen LogP contribution in [0.15, 0.2) is 54.6 Å². The van der Waals surface area contributed by atoms with Crippen LogP contribution in [0.4, 0.5) is 0 Å². The molecule has 0 radical (unpaired) electrons. The van der Waals surface area contributed by atoms with Crippen molar-refractivity contribution in [2.24, 2.45) is 5.73 Å². The van der Waals surface area contributed by atoms with Crippen LogP contribution in [0.3, 0.4) is 0 Å². The zero-order valence-electron chi connectivity index (χ0n) is 19.8. The number of rotatable bonds is 9. The molecule has 0 aliphatic heterocycles. The average Bonchev–Trinajstić information content (AvgIpc) is 2.83. The average molecular weight is 479 g/mol. The van der Waals surface area contributed by atoms with Gasteiger partial charge in [-0.1, -0.05) is 6.07 Å². The first-order valence-electron chi connectivity index (χ1n) is 10.6. The Balaban J connectivity index is 2.00. The Hall–Kier alpha value is -4.60. The number of nitrogen functional groups attached to an aromatic ring is 1. The highest BCUT2D eigenvalue weighted by Crippen LogP contribution is 2.33. The van der Waals surface area contributed by atoms with E-state index >= 15 is 0 Å². The van der Waals surface area contributed by atoms with E-state index in [1.165, 1.54) is 30.2 Å². The van der Waals surface area contributed by atoms with Crippen LogP contribution in [-0.4, -0.2) is 55.4 Å². The number of hydrogen-bond donors (Lipinski definition) is 2. The quantitative estimate of drug-likeness (QED) is 0.269. The molecule has 0 saturated carbocycles. The summed E-state index contributed by atoms with van der Waals surface area (Å²) < 4.78 is 22.2. The van der Waals surface area contributed by atoms with Crippen molar-refractivity contribution in [3.63, 3.8) is 0 Å². The predicted molar refractivity (Wildman–Crippen MR) is 129 cm³/mol. The van der Waals surface area contributed by atoms with Crippen LogP contribution in [0.2, 0.25) is 0 Å². The first-order chi connectivity index (χ1) is 16.7. The Morgan fingerprint density at radius 3 is 2.29 bits per heavy atom. The number of amidine groups is 1. The van der Waals surface area contributed by atoms with Gasteiger partial charge in [0.05, 0.1) is 19.3 Å². The highest BCUT2D eigenvalue weighted by molar-refractivity contribution is 5.95. The molecule has 3 aromatic rings. The normalized spacial score (nSPS) is 10.3. The molecule has 3 rings (SSSR count). The van der Waals surface area contributed by atoms with Gasteiger partial charge in [-0.05, 0) is 43.3 Å². The van der Waals surface area contributed by atoms with Gasteiger partial charge in [-0.2, -0.15) is 4.98 Å². The van der Waals surface area contributed by atoms with Gasteiger partial charge in [-0.3, -0.25) is 10.2 Å². The number of esters is 1. The highest BCUT2D eigenvalue weighted by atomic mass is 16.5. The van der Waals surface area contributed by atoms with Crippen molar-refractivity contribution < 1.29 is 28.5 Å². The minimum Gasteiger partial charge on any atom is -0.493 e. The van der Waals surface area contributed by atoms with Crippen LogP contribution in [0, 0.1) is 5.41 Å². The maximum Gasteiger partial charge on any atom is 0.338 e. The number of carbonyl (C=O) groups excluding carboxylic acids is 2. The van der Waals surface area contributed by atoms with Crippen molar-refractivity contribution in [3.8, 4) is 29.0 Å². The van der Waals surface area contributed by atoms with Crippen molar-refractivity contribution in [1.29, 1.82) is 5.41 Å². The van der Waals surface area contributed by atoms with Crippen molar-refractivity contribution in [2.45, 2.75) is 6.92 Å². The smallest absolute Gasteiger partial charge is 0.338 e. The van der Waals surface area contributed by atoms with Gasteiger partial charge >= 0.3 is 5.97 Å². The molecule has 2 aromatic carbocycles. The molecule has 1 aromatic heterocycles. The number of amides is 1. The molecule has 0 unspecified atom stereocenters. The molecule has 1 amide bonds. The number of pyridine rings is 1. The Morgan fingerprint density at radius 2 is 1.66 bits per heavy atom. The number of hydrogen-bond acceptors (Lipinski definition) is 8. The number of nitrogens with one attached hydrogen (secondary N) is 1. The van der Waals surface area contributed by atoms with Crippen LogP contribution in [0.5, 0.6) is 29.0 Å². The lowest BCUT2D eigenvalue weighted by atomic mass is 10.2. The largest absolute Gasteiger partial charge is 0.493 e. The second-order valence-corrected chi connectivity index (χ2v) is 7.46. The van der Waals surface area contributed by atoms with Gasteiger partial charge in [0.1, 0.15) is 11.6 Å². The topological polar surface area (TPSA) is 137 Å². The molecule has 10 heteroatoms. The van der Waals surface area contributed by atoms with Crippen LogP contribution in [0.1, 0.15) is 33.2 Å². The summed E-state index contributed by atoms with van der Waals surface area (Å²) in [5, 5.41) is 7.67. The number of aromatic nitrogens is 1. The van der Waals surface area contributed by atoms with E-state index in [1.807, 2.05) is 0 Å². The zero-order valence-corrected chi connectivity index (χ0v) is 19.8. The van der Waals surface area contributed by atoms with Gasteiger partial charge < -0.3 is 29.6 Å². The SMILES string of the molecule is CCOC(=O)c1cc(Oc2cccc(C(=O)N(C)C)c2)nc(Oc2cc(C(=N)N)ccc2OC)c1. The van der Waals surface area contributed by atoms with Gasteiger partial charge in [-0.15, -0.1) is 0 Å². The van der Waals surface area contributed by atoms with E-state index in [-0.39, 0.29) is 41.4 Å². The summed E-state index contributed by atoms with van der Waals surface area (Å²) in [6, 6.07) is 14.1. The first kappa shape index (κ1) is 25.0. The fourth-order valence-corrected chi connectivity index (χ4v) is 3.03. The Kier molecular flexibility index (Phi) is 7.88. The molecule has 182 valence electrons. The Morgan fingerprint density at radius 1 is 0.943 bits per heavy atom. The molecule has 0 bridgehead atoms. The maximum absolute atomic E-state index is 12.5. The molecule has 0 fully saturated rings. The summed E-state index contributed by atoms with van der Waals surface area (Å²) in [7, 11) is 4.77. The monoisotopic (exact) mass is 478 g/mol. The summed E-state index contributed by atoms with van der Waals surface area (Å²) >= 11 is 0. The molecular formula is C25H26N4O6. The summed E-state index contributed by atoms with van der Waals surface area (Å²) in [5.74, 6) is 0.0756. The standard InChI is InChI=1S/C25H26N4O6/c1-5-33-25(31)17-13-21(34-18-8-6-7-16(11-18)24(30)29(2)3)28-22(14-17)35-20-12-15(23(26)27)9-10-19(20)32-4/h6-14H,5H2,1-4H3,(H3,26,27). The minimum absolute atomic E-state index is 0.0186. The van der Waals surface area contributed by atoms with Crippen molar-refractivity contribution in [1.82, 2.24) is 9.88 Å². The fraction of sp³-hybridized carbons (Fsp3) is 0.200. The zero-order chi connectivity index (χ0) is 25.5. The van der Waals surface area contributed by atoms with Gasteiger partial charge in [-0.25, -0.2) is 4.79 Å². The van der Waals surface area contributed by atoms with Crippen LogP contribution < -0.4 is 19.9 Å². The number of ether oxygens (including phenoxy) is 4. The number of methoxy groups -OCH3 is 1. The van der Waals surface area contributed by atoms with Gasteiger partial charge in [0, 0.05) is 37.4 Å². The van der Waals surface area contributed by atoms with Gasteiger partial charge in [0.25, 0.3) is 5.91 Å². The molecular weight excluding hydrogens is 452 g/mol. The van der Waals surface area contributed by atoms with Crippen LogP contribution in [-0.2, 0) is 4.74 Å². The lowest BCUT2D eigenvalue weighted by Crippen LogP contribution is -2.21. The molecule has 10 nitrogen and oxygen atoms in total. The third-order valence-corrected chi connectivity index (χ3v) is 4.69. The van der Waals surface area contributed by atoms with Crippen molar-refractivity contribution in [2.75, 3.05) is 27.8 Å². The van der Waals surface area contributed by atoms with E-state index in [4.69, 9.17) is 30.1 Å². The second-order valence-electron chi connectivity index (χ2n) is 7.46. The number of benzene rings is 2. The summed E-state index contributed by atoms with van der Waals surface area (Å²) in [4.78, 5) is 30.5. The summed E-state index contributed by atoms with van der Waals surface area (Å²) in [6.45, 7) is 1.87. The predicted octanol–water partition coefficient (Wildman–Crippen LogP) is 3.84. The molecule has 35 heavy (non-hydrogen) atoms. The molecule has 1 heterocycles. The van der Waals surface area contributed by atoms with E-state index in [0.29, 0.717) is 22.6 Å². The molecule has 0 aliphatic rings. The van der Waals surface area contributed by atoms with E-state index in [0.717, 1.165) is 0 Å². The molecule has 0 atom stereocenters. The van der Waals surface area contributed by atoms with E-state index in [1.54, 1.807) is 57.4 Å². The first-order valence-corrected chi connectivity index (χ1v) is 10.6. The van der Waals surface area contributed by atoms with Crippen molar-refractivity contribution in [3.05, 3.63) is 71.3 Å². The maximum atomic E-state index is 12.5. The van der Waals surface area contributed by atoms with E-state index in [9.17, 15) is 9.59 Å². The fourth-order valence-electron chi connectivity index (χ4n) is 3.03. The molecule has 0 aliphatic carbocycles.